The highest BCUT2D eigenvalue weighted by Crippen LogP contribution is 2.45. The summed E-state index contributed by atoms with van der Waals surface area (Å²) in [5.41, 5.74) is 3.43. The third kappa shape index (κ3) is 5.03. The summed E-state index contributed by atoms with van der Waals surface area (Å²) in [5, 5.41) is 2.71. The van der Waals surface area contributed by atoms with E-state index < -0.39 is 18.5 Å². The van der Waals surface area contributed by atoms with Crippen LogP contribution in [0.25, 0.3) is 0 Å². The first-order valence-electron chi connectivity index (χ1n) is 12.5. The average molecular weight is 497 g/mol. The first kappa shape index (κ1) is 24.4. The number of para-hydroxylation sites is 1. The predicted octanol–water partition coefficient (Wildman–Crippen LogP) is 4.86. The maximum Gasteiger partial charge on any atom is 0.338 e. The van der Waals surface area contributed by atoms with Crippen LogP contribution in [0.4, 0.5) is 11.4 Å². The highest BCUT2D eigenvalue weighted by Gasteiger charge is 2.50. The molecule has 1 saturated heterocycles. The van der Waals surface area contributed by atoms with E-state index in [1.165, 1.54) is 22.6 Å². The lowest BCUT2D eigenvalue weighted by atomic mass is 9.73. The fourth-order valence-corrected chi connectivity index (χ4v) is 5.32. The van der Waals surface area contributed by atoms with Gasteiger partial charge in [0.25, 0.3) is 5.91 Å². The molecule has 0 radical (unpaired) electrons. The number of hydrogen-bond donors (Lipinski definition) is 1. The minimum atomic E-state index is -0.662. The summed E-state index contributed by atoms with van der Waals surface area (Å²) in [7, 11) is 0. The van der Waals surface area contributed by atoms with Crippen LogP contribution in [0.3, 0.4) is 0 Å². The summed E-state index contributed by atoms with van der Waals surface area (Å²) in [6.07, 6.45) is 2.21. The molecule has 0 bridgehead atoms. The number of carbonyl (C=O) groups excluding carboxylic acids is 4. The van der Waals surface area contributed by atoms with Gasteiger partial charge in [0.1, 0.15) is 0 Å². The minimum absolute atomic E-state index is 0.176. The number of rotatable bonds is 6. The zero-order chi connectivity index (χ0) is 25.9. The van der Waals surface area contributed by atoms with Crippen LogP contribution in [0.15, 0.2) is 78.9 Å². The number of amides is 3. The molecule has 0 spiro atoms. The van der Waals surface area contributed by atoms with Crippen LogP contribution in [0, 0.1) is 18.8 Å². The molecule has 1 aliphatic heterocycles. The molecule has 3 atom stereocenters. The highest BCUT2D eigenvalue weighted by atomic mass is 16.5. The van der Waals surface area contributed by atoms with E-state index in [0.717, 1.165) is 12.0 Å². The van der Waals surface area contributed by atoms with Crippen LogP contribution < -0.4 is 10.2 Å². The second-order valence-corrected chi connectivity index (χ2v) is 9.63. The molecule has 5 rings (SSSR count). The van der Waals surface area contributed by atoms with E-state index in [1.807, 2.05) is 43.3 Å². The lowest BCUT2D eigenvalue weighted by molar-refractivity contribution is -0.122. The molecule has 188 valence electrons. The van der Waals surface area contributed by atoms with Gasteiger partial charge in [-0.15, -0.1) is 0 Å². The molecule has 7 nitrogen and oxygen atoms in total. The average Bonchev–Trinajstić information content (AvgIpc) is 3.18. The maximum atomic E-state index is 13.3. The Labute approximate surface area is 215 Å². The van der Waals surface area contributed by atoms with Crippen molar-refractivity contribution in [3.05, 3.63) is 95.6 Å². The molecule has 3 aromatic carbocycles. The summed E-state index contributed by atoms with van der Waals surface area (Å²) in [6.45, 7) is 1.44. The molecule has 2 fully saturated rings. The summed E-state index contributed by atoms with van der Waals surface area (Å²) in [4.78, 5) is 52.3. The van der Waals surface area contributed by atoms with Crippen molar-refractivity contribution >= 4 is 35.1 Å². The van der Waals surface area contributed by atoms with Crippen LogP contribution >= 0.6 is 0 Å². The molecule has 1 saturated carbocycles. The van der Waals surface area contributed by atoms with Gasteiger partial charge in [0.05, 0.1) is 23.1 Å². The molecule has 2 aliphatic rings. The molecule has 7 heteroatoms. The van der Waals surface area contributed by atoms with E-state index in [-0.39, 0.29) is 35.1 Å². The van der Waals surface area contributed by atoms with Gasteiger partial charge in [-0.05, 0) is 73.6 Å². The molecule has 37 heavy (non-hydrogen) atoms. The van der Waals surface area contributed by atoms with Crippen LogP contribution in [0.2, 0.25) is 0 Å². The van der Waals surface area contributed by atoms with Gasteiger partial charge in [-0.25, -0.2) is 4.79 Å². The topological polar surface area (TPSA) is 92.8 Å². The van der Waals surface area contributed by atoms with Crippen molar-refractivity contribution in [3.8, 4) is 0 Å². The van der Waals surface area contributed by atoms with Gasteiger partial charge in [-0.3, -0.25) is 19.3 Å². The molecule has 1 heterocycles. The van der Waals surface area contributed by atoms with Crippen LogP contribution in [-0.2, 0) is 19.1 Å². The minimum Gasteiger partial charge on any atom is -0.452 e. The Hall–Kier alpha value is -4.26. The standard InChI is InChI=1S/C30H28N2O5/c1-19-7-5-6-10-26(19)31-27(33)18-37-30(36)21-11-14-23(15-12-21)32-28(34)24-16-13-22(17-25(24)29(32)35)20-8-3-2-4-9-20/h2-12,14-15,22,24-25H,13,16-18H2,1H3,(H,31,33)/t22-,24+,25+/m0/s1. The lowest BCUT2D eigenvalue weighted by Gasteiger charge is -2.28. The first-order chi connectivity index (χ1) is 17.9. The number of nitrogens with one attached hydrogen (secondary N) is 1. The molecule has 0 unspecified atom stereocenters. The van der Waals surface area contributed by atoms with Crippen LogP contribution in [0.5, 0.6) is 0 Å². The Morgan fingerprint density at radius 2 is 1.54 bits per heavy atom. The molecule has 1 N–H and O–H groups in total. The van der Waals surface area contributed by atoms with Gasteiger partial charge in [-0.2, -0.15) is 0 Å². The normalized spacial score (nSPS) is 20.9. The van der Waals surface area contributed by atoms with Crippen LogP contribution in [0.1, 0.15) is 46.7 Å². The van der Waals surface area contributed by atoms with Crippen molar-refractivity contribution in [1.29, 1.82) is 0 Å². The highest BCUT2D eigenvalue weighted by molar-refractivity contribution is 6.22. The number of carbonyl (C=O) groups is 4. The van der Waals surface area contributed by atoms with Crippen molar-refractivity contribution in [2.45, 2.75) is 32.1 Å². The second kappa shape index (κ2) is 10.4. The van der Waals surface area contributed by atoms with Crippen LogP contribution in [-0.4, -0.2) is 30.3 Å². The number of anilines is 2. The van der Waals surface area contributed by atoms with E-state index in [1.54, 1.807) is 18.2 Å². The fraction of sp³-hybridized carbons (Fsp3) is 0.267. The number of aryl methyl sites for hydroxylation is 1. The summed E-state index contributed by atoms with van der Waals surface area (Å²) < 4.78 is 5.14. The zero-order valence-electron chi connectivity index (χ0n) is 20.6. The predicted molar refractivity (Wildman–Crippen MR) is 139 cm³/mol. The third-order valence-electron chi connectivity index (χ3n) is 7.31. The molecule has 3 aromatic rings. The van der Waals surface area contributed by atoms with Crippen molar-refractivity contribution in [2.24, 2.45) is 11.8 Å². The Bertz CT molecular complexity index is 1340. The van der Waals surface area contributed by atoms with Gasteiger partial charge in [0.2, 0.25) is 11.8 Å². The van der Waals surface area contributed by atoms with Crippen molar-refractivity contribution in [2.75, 3.05) is 16.8 Å². The van der Waals surface area contributed by atoms with E-state index in [2.05, 4.69) is 17.4 Å². The van der Waals surface area contributed by atoms with E-state index >= 15 is 0 Å². The lowest BCUT2D eigenvalue weighted by Crippen LogP contribution is -2.30. The maximum absolute atomic E-state index is 13.3. The first-order valence-corrected chi connectivity index (χ1v) is 12.5. The number of imide groups is 1. The quantitative estimate of drug-likeness (QED) is 0.389. The monoisotopic (exact) mass is 496 g/mol. The number of fused-ring (bicyclic) bond motifs is 1. The van der Waals surface area contributed by atoms with Gasteiger partial charge in [-0.1, -0.05) is 48.5 Å². The second-order valence-electron chi connectivity index (χ2n) is 9.63. The molecule has 3 amide bonds. The Morgan fingerprint density at radius 3 is 2.27 bits per heavy atom. The number of esters is 1. The summed E-state index contributed by atoms with van der Waals surface area (Å²) in [5.74, 6) is -1.83. The Kier molecular flexibility index (Phi) is 6.86. The number of nitrogens with zero attached hydrogens (tertiary/aromatic N) is 1. The van der Waals surface area contributed by atoms with Crippen molar-refractivity contribution in [3.63, 3.8) is 0 Å². The summed E-state index contributed by atoms with van der Waals surface area (Å²) in [6, 6.07) is 23.6. The largest absolute Gasteiger partial charge is 0.452 e. The smallest absolute Gasteiger partial charge is 0.338 e. The Morgan fingerprint density at radius 1 is 0.865 bits per heavy atom. The van der Waals surface area contributed by atoms with Gasteiger partial charge >= 0.3 is 5.97 Å². The van der Waals surface area contributed by atoms with E-state index in [9.17, 15) is 19.2 Å². The molecular formula is C30H28N2O5. The zero-order valence-corrected chi connectivity index (χ0v) is 20.6. The van der Waals surface area contributed by atoms with E-state index in [0.29, 0.717) is 24.2 Å². The third-order valence-corrected chi connectivity index (χ3v) is 7.31. The molecule has 0 aromatic heterocycles. The van der Waals surface area contributed by atoms with Gasteiger partial charge in [0, 0.05) is 5.69 Å². The molecule has 1 aliphatic carbocycles. The number of benzene rings is 3. The van der Waals surface area contributed by atoms with Gasteiger partial charge < -0.3 is 10.1 Å². The van der Waals surface area contributed by atoms with E-state index in [4.69, 9.17) is 4.74 Å². The van der Waals surface area contributed by atoms with Crippen molar-refractivity contribution in [1.82, 2.24) is 0 Å². The molecular weight excluding hydrogens is 468 g/mol. The Balaban J connectivity index is 1.20. The SMILES string of the molecule is Cc1ccccc1NC(=O)COC(=O)c1ccc(N2C(=O)[C@@H]3CC[C@H](c4ccccc4)C[C@H]3C2=O)cc1. The number of hydrogen-bond acceptors (Lipinski definition) is 5. The summed E-state index contributed by atoms with van der Waals surface area (Å²) >= 11 is 0. The fourth-order valence-electron chi connectivity index (χ4n) is 5.32. The van der Waals surface area contributed by atoms with Gasteiger partial charge in [0.15, 0.2) is 6.61 Å². The number of ether oxygens (including phenoxy) is 1. The van der Waals surface area contributed by atoms with Crippen molar-refractivity contribution < 1.29 is 23.9 Å².